The van der Waals surface area contributed by atoms with Gasteiger partial charge in [-0.15, -0.1) is 0 Å². The van der Waals surface area contributed by atoms with E-state index in [4.69, 9.17) is 0 Å². The molecule has 0 saturated carbocycles. The Morgan fingerprint density at radius 3 is 2.82 bits per heavy atom. The minimum Gasteiger partial charge on any atom is -0.296 e. The van der Waals surface area contributed by atoms with Crippen molar-refractivity contribution >= 4 is 22.6 Å². The highest BCUT2D eigenvalue weighted by Crippen LogP contribution is 2.22. The maximum atomic E-state index is 2.65. The second kappa shape index (κ2) is 7.17. The first kappa shape index (κ1) is 13.1. The molecule has 1 aromatic rings. The molecule has 0 bridgehead atoms. The second-order valence-corrected chi connectivity index (χ2v) is 5.42. The Kier molecular flexibility index (Phi) is 5.52. The van der Waals surface area contributed by atoms with E-state index in [0.29, 0.717) is 0 Å². The van der Waals surface area contributed by atoms with E-state index in [-0.39, 0.29) is 0 Å². The van der Waals surface area contributed by atoms with Crippen molar-refractivity contribution in [3.05, 3.63) is 46.1 Å². The van der Waals surface area contributed by atoms with Gasteiger partial charge in [-0.1, -0.05) is 65.4 Å². The van der Waals surface area contributed by atoms with Gasteiger partial charge in [0.2, 0.25) is 0 Å². The molecule has 2 rings (SSSR count). The summed E-state index contributed by atoms with van der Waals surface area (Å²) in [6, 6.07) is 11.6. The average Bonchev–Trinajstić information content (AvgIpc) is 2.39. The number of piperidine rings is 1. The molecule has 0 spiro atoms. The van der Waals surface area contributed by atoms with Gasteiger partial charge in [0, 0.05) is 12.6 Å². The molecule has 0 amide bonds. The summed E-state index contributed by atoms with van der Waals surface area (Å²) in [6.07, 6.45) is 7.61. The predicted molar refractivity (Wildman–Crippen MR) is 82.3 cm³/mol. The fourth-order valence-electron chi connectivity index (χ4n) is 2.56. The van der Waals surface area contributed by atoms with Crippen LogP contribution in [0.1, 0.15) is 31.2 Å². The van der Waals surface area contributed by atoms with Crippen LogP contribution in [0.25, 0.3) is 0 Å². The van der Waals surface area contributed by atoms with Gasteiger partial charge in [0.15, 0.2) is 0 Å². The zero-order valence-electron chi connectivity index (χ0n) is 10.2. The molecule has 0 aromatic heterocycles. The highest BCUT2D eigenvalue weighted by molar-refractivity contribution is 14.1. The third-order valence-corrected chi connectivity index (χ3v) is 3.98. The molecule has 1 saturated heterocycles. The molecular weight excluding hydrogens is 321 g/mol. The van der Waals surface area contributed by atoms with Gasteiger partial charge >= 0.3 is 0 Å². The first-order valence-corrected chi connectivity index (χ1v) is 7.68. The van der Waals surface area contributed by atoms with Gasteiger partial charge in [0.25, 0.3) is 0 Å². The largest absolute Gasteiger partial charge is 0.296 e. The standard InChI is InChI=1S/C15H20IN/c16-11-6-10-15-9-4-5-12-17(15)13-14-7-2-1-3-8-14/h1-3,6-8,11,15H,4-5,9-10,12-13H2/b11-6-. The van der Waals surface area contributed by atoms with Crippen LogP contribution >= 0.6 is 22.6 Å². The molecule has 1 fully saturated rings. The van der Waals surface area contributed by atoms with E-state index in [1.54, 1.807) is 0 Å². The van der Waals surface area contributed by atoms with E-state index >= 15 is 0 Å². The molecule has 17 heavy (non-hydrogen) atoms. The third-order valence-electron chi connectivity index (χ3n) is 3.47. The van der Waals surface area contributed by atoms with Gasteiger partial charge in [-0.05, 0) is 35.5 Å². The van der Waals surface area contributed by atoms with Gasteiger partial charge in [0.05, 0.1) is 0 Å². The summed E-state index contributed by atoms with van der Waals surface area (Å²) < 4.78 is 2.15. The molecule has 92 valence electrons. The molecule has 0 radical (unpaired) electrons. The van der Waals surface area contributed by atoms with Crippen molar-refractivity contribution < 1.29 is 0 Å². The van der Waals surface area contributed by atoms with Crippen molar-refractivity contribution in [2.24, 2.45) is 0 Å². The number of hydrogen-bond donors (Lipinski definition) is 0. The summed E-state index contributed by atoms with van der Waals surface area (Å²) in [5, 5.41) is 0. The number of rotatable bonds is 4. The topological polar surface area (TPSA) is 3.24 Å². The summed E-state index contributed by atoms with van der Waals surface area (Å²) in [7, 11) is 0. The van der Waals surface area contributed by atoms with Gasteiger partial charge in [-0.25, -0.2) is 0 Å². The van der Waals surface area contributed by atoms with Gasteiger partial charge in [-0.2, -0.15) is 0 Å². The summed E-state index contributed by atoms with van der Waals surface area (Å²) in [5.41, 5.74) is 1.44. The summed E-state index contributed by atoms with van der Waals surface area (Å²) in [5.74, 6) is 0. The molecular formula is C15H20IN. The lowest BCUT2D eigenvalue weighted by atomic mass is 9.98. The quantitative estimate of drug-likeness (QED) is 0.735. The summed E-state index contributed by atoms with van der Waals surface area (Å²) >= 11 is 2.32. The third kappa shape index (κ3) is 4.11. The van der Waals surface area contributed by atoms with Crippen molar-refractivity contribution in [3.8, 4) is 0 Å². The molecule has 1 nitrogen and oxygen atoms in total. The molecule has 1 heterocycles. The predicted octanol–water partition coefficient (Wildman–Crippen LogP) is 4.38. The number of nitrogens with zero attached hydrogens (tertiary/aromatic N) is 1. The number of hydrogen-bond acceptors (Lipinski definition) is 1. The summed E-state index contributed by atoms with van der Waals surface area (Å²) in [4.78, 5) is 2.65. The highest BCUT2D eigenvalue weighted by Gasteiger charge is 2.20. The fraction of sp³-hybridized carbons (Fsp3) is 0.467. The smallest absolute Gasteiger partial charge is 0.0236 e. The lowest BCUT2D eigenvalue weighted by Gasteiger charge is -2.35. The maximum absolute atomic E-state index is 2.65. The van der Waals surface area contributed by atoms with E-state index in [9.17, 15) is 0 Å². The van der Waals surface area contributed by atoms with E-state index in [1.165, 1.54) is 37.8 Å². The van der Waals surface area contributed by atoms with Gasteiger partial charge < -0.3 is 0 Å². The van der Waals surface area contributed by atoms with Crippen LogP contribution in [0.4, 0.5) is 0 Å². The van der Waals surface area contributed by atoms with Crippen LogP contribution in [0.3, 0.4) is 0 Å². The van der Waals surface area contributed by atoms with Crippen LogP contribution in [-0.2, 0) is 6.54 Å². The fourth-order valence-corrected chi connectivity index (χ4v) is 2.86. The minimum absolute atomic E-state index is 0.745. The minimum atomic E-state index is 0.745. The Hall–Kier alpha value is -0.350. The van der Waals surface area contributed by atoms with Crippen molar-refractivity contribution in [3.63, 3.8) is 0 Å². The SMILES string of the molecule is I/C=C\CC1CCCCN1Cc1ccccc1. The molecule has 0 aliphatic carbocycles. The van der Waals surface area contributed by atoms with Crippen LogP contribution in [0.5, 0.6) is 0 Å². The Balaban J connectivity index is 1.96. The molecule has 1 aliphatic rings. The normalized spacial score (nSPS) is 22.1. The van der Waals surface area contributed by atoms with Gasteiger partial charge in [0.1, 0.15) is 0 Å². The van der Waals surface area contributed by atoms with Crippen molar-refractivity contribution in [2.45, 2.75) is 38.3 Å². The Morgan fingerprint density at radius 1 is 1.24 bits per heavy atom. The van der Waals surface area contributed by atoms with E-state index in [1.807, 2.05) is 0 Å². The molecule has 1 unspecified atom stereocenters. The number of likely N-dealkylation sites (tertiary alicyclic amines) is 1. The highest BCUT2D eigenvalue weighted by atomic mass is 127. The summed E-state index contributed by atoms with van der Waals surface area (Å²) in [6.45, 7) is 2.37. The van der Waals surface area contributed by atoms with Gasteiger partial charge in [-0.3, -0.25) is 4.90 Å². The van der Waals surface area contributed by atoms with Crippen LogP contribution in [0.15, 0.2) is 40.5 Å². The monoisotopic (exact) mass is 341 g/mol. The van der Waals surface area contributed by atoms with Crippen molar-refractivity contribution in [1.29, 1.82) is 0 Å². The van der Waals surface area contributed by atoms with Crippen LogP contribution in [-0.4, -0.2) is 17.5 Å². The first-order chi connectivity index (χ1) is 8.40. The number of halogens is 1. The van der Waals surface area contributed by atoms with Crippen LogP contribution < -0.4 is 0 Å². The lowest BCUT2D eigenvalue weighted by molar-refractivity contribution is 0.141. The second-order valence-electron chi connectivity index (χ2n) is 4.70. The van der Waals surface area contributed by atoms with E-state index < -0.39 is 0 Å². The van der Waals surface area contributed by atoms with Crippen LogP contribution in [0.2, 0.25) is 0 Å². The van der Waals surface area contributed by atoms with E-state index in [2.05, 4.69) is 68.0 Å². The molecule has 1 aromatic carbocycles. The molecule has 1 atom stereocenters. The maximum Gasteiger partial charge on any atom is 0.0236 e. The zero-order chi connectivity index (χ0) is 11.9. The molecule has 1 aliphatic heterocycles. The average molecular weight is 341 g/mol. The number of benzene rings is 1. The first-order valence-electron chi connectivity index (χ1n) is 6.43. The van der Waals surface area contributed by atoms with Crippen LogP contribution in [0, 0.1) is 0 Å². The Morgan fingerprint density at radius 2 is 2.06 bits per heavy atom. The Bertz CT molecular complexity index is 347. The molecule has 0 N–H and O–H groups in total. The van der Waals surface area contributed by atoms with E-state index in [0.717, 1.165) is 12.6 Å². The lowest BCUT2D eigenvalue weighted by Crippen LogP contribution is -2.38. The van der Waals surface area contributed by atoms with Crippen molar-refractivity contribution in [1.82, 2.24) is 4.90 Å². The van der Waals surface area contributed by atoms with Crippen molar-refractivity contribution in [2.75, 3.05) is 6.54 Å². The Labute approximate surface area is 118 Å². The molecule has 2 heteroatoms. The zero-order valence-corrected chi connectivity index (χ0v) is 12.3.